The maximum absolute atomic E-state index is 14.4. The third kappa shape index (κ3) is 10.6. The van der Waals surface area contributed by atoms with Crippen LogP contribution in [-0.4, -0.2) is 93.9 Å². The highest BCUT2D eigenvalue weighted by atomic mass is 32.1. The summed E-state index contributed by atoms with van der Waals surface area (Å²) in [6, 6.07) is 8.47. The molecular formula is C38H55N5O7S. The summed E-state index contributed by atoms with van der Waals surface area (Å²) in [7, 11) is 3.71. The Bertz CT molecular complexity index is 1510. The SMILES string of the molecule is CC(=O)OC(CC(C(C)C)N(C)C(=O)C1(NC(=O)[C@H]2CCCCN2C)CCCC1)c1nc(C(=O)NC(Cc2ccccc2)CC(C)C(=O)O)cs1. The van der Waals surface area contributed by atoms with Gasteiger partial charge in [-0.2, -0.15) is 0 Å². The normalized spacial score (nSPS) is 19.8. The standard InChI is InChI=1S/C38H55N5O7S/c1-24(2)31(43(6)37(49)38(17-11-12-18-38)41-34(46)30-16-10-13-19-42(30)5)22-32(50-26(4)44)35-40-29(23-51-35)33(45)39-28(20-25(3)36(47)48)21-27-14-8-7-9-15-27/h7-9,14-15,23-25,28,30-32H,10-13,16-22H2,1-6H3,(H,39,45)(H,41,46)(H,47,48)/t25?,28?,30-,31?,32?/m1/s1. The van der Waals surface area contributed by atoms with E-state index in [2.05, 4.69) is 20.5 Å². The monoisotopic (exact) mass is 725 g/mol. The number of esters is 1. The predicted octanol–water partition coefficient (Wildman–Crippen LogP) is 4.99. The molecule has 51 heavy (non-hydrogen) atoms. The first kappa shape index (κ1) is 39.9. The lowest BCUT2D eigenvalue weighted by Gasteiger charge is -2.41. The number of carboxylic acids is 1. The van der Waals surface area contributed by atoms with Crippen molar-refractivity contribution >= 4 is 41.0 Å². The minimum atomic E-state index is -0.991. The Hall–Kier alpha value is -3.84. The largest absolute Gasteiger partial charge is 0.481 e. The lowest BCUT2D eigenvalue weighted by atomic mass is 9.90. The van der Waals surface area contributed by atoms with Gasteiger partial charge in [-0.25, -0.2) is 4.98 Å². The number of hydrogen-bond donors (Lipinski definition) is 3. The maximum atomic E-state index is 14.4. The fourth-order valence-electron chi connectivity index (χ4n) is 7.50. The number of piperidine rings is 1. The van der Waals surface area contributed by atoms with Crippen molar-refractivity contribution in [3.05, 3.63) is 52.0 Å². The molecule has 12 nitrogen and oxygen atoms in total. The van der Waals surface area contributed by atoms with Gasteiger partial charge in [-0.15, -0.1) is 11.3 Å². The third-order valence-corrected chi connectivity index (χ3v) is 11.3. The van der Waals surface area contributed by atoms with Gasteiger partial charge in [0.15, 0.2) is 6.10 Å². The predicted molar refractivity (Wildman–Crippen MR) is 195 cm³/mol. The van der Waals surface area contributed by atoms with Gasteiger partial charge >= 0.3 is 11.9 Å². The van der Waals surface area contributed by atoms with Gasteiger partial charge in [-0.1, -0.05) is 70.4 Å². The molecule has 0 spiro atoms. The number of ether oxygens (including phenoxy) is 1. The van der Waals surface area contributed by atoms with Gasteiger partial charge in [0.25, 0.3) is 5.91 Å². The second-order valence-corrected chi connectivity index (χ2v) is 15.6. The van der Waals surface area contributed by atoms with Crippen LogP contribution < -0.4 is 10.6 Å². The molecule has 4 rings (SSSR count). The molecule has 5 atom stereocenters. The Balaban J connectivity index is 1.51. The van der Waals surface area contributed by atoms with Crippen LogP contribution in [0.1, 0.15) is 113 Å². The number of aromatic nitrogens is 1. The molecule has 1 aromatic heterocycles. The van der Waals surface area contributed by atoms with Gasteiger partial charge in [-0.05, 0) is 63.6 Å². The lowest BCUT2D eigenvalue weighted by Crippen LogP contribution is -2.62. The Morgan fingerprint density at radius 2 is 1.75 bits per heavy atom. The number of thiazole rings is 1. The van der Waals surface area contributed by atoms with Crippen LogP contribution in [0.2, 0.25) is 0 Å². The molecule has 0 radical (unpaired) electrons. The average Bonchev–Trinajstić information content (AvgIpc) is 3.77. The van der Waals surface area contributed by atoms with Crippen LogP contribution in [0.4, 0.5) is 0 Å². The highest BCUT2D eigenvalue weighted by Gasteiger charge is 2.47. The number of rotatable bonds is 16. The summed E-state index contributed by atoms with van der Waals surface area (Å²) in [5.74, 6) is -2.86. The van der Waals surface area contributed by atoms with Crippen molar-refractivity contribution in [2.75, 3.05) is 20.6 Å². The van der Waals surface area contributed by atoms with E-state index in [1.165, 1.54) is 18.3 Å². The summed E-state index contributed by atoms with van der Waals surface area (Å²) >= 11 is 1.19. The van der Waals surface area contributed by atoms with Gasteiger partial charge in [0.2, 0.25) is 11.8 Å². The number of benzene rings is 1. The lowest BCUT2D eigenvalue weighted by molar-refractivity contribution is -0.150. The van der Waals surface area contributed by atoms with E-state index in [9.17, 15) is 29.1 Å². The van der Waals surface area contributed by atoms with Crippen LogP contribution in [0.15, 0.2) is 35.7 Å². The Morgan fingerprint density at radius 3 is 2.35 bits per heavy atom. The van der Waals surface area contributed by atoms with E-state index in [1.54, 1.807) is 24.3 Å². The number of amides is 3. The van der Waals surface area contributed by atoms with E-state index >= 15 is 0 Å². The zero-order valence-corrected chi connectivity index (χ0v) is 31.7. The summed E-state index contributed by atoms with van der Waals surface area (Å²) < 4.78 is 5.78. The molecule has 2 aliphatic rings. The second-order valence-electron chi connectivity index (χ2n) is 14.7. The number of carboxylic acid groups (broad SMARTS) is 1. The van der Waals surface area contributed by atoms with Crippen molar-refractivity contribution in [2.24, 2.45) is 11.8 Å². The van der Waals surface area contributed by atoms with Gasteiger partial charge in [0, 0.05) is 37.9 Å². The van der Waals surface area contributed by atoms with Crippen LogP contribution in [0.5, 0.6) is 0 Å². The van der Waals surface area contributed by atoms with Crippen molar-refractivity contribution in [3.8, 4) is 0 Å². The fourth-order valence-corrected chi connectivity index (χ4v) is 8.34. The Kier molecular flexibility index (Phi) is 14.2. The fraction of sp³-hybridized carbons (Fsp3) is 0.632. The number of nitrogens with zero attached hydrogens (tertiary/aromatic N) is 3. The van der Waals surface area contributed by atoms with Crippen LogP contribution in [-0.2, 0) is 30.3 Å². The van der Waals surface area contributed by atoms with E-state index in [0.717, 1.165) is 44.2 Å². The number of likely N-dealkylation sites (N-methyl/N-ethyl adjacent to an activating group) is 2. The molecule has 2 heterocycles. The number of likely N-dealkylation sites (tertiary alicyclic amines) is 1. The summed E-state index contributed by atoms with van der Waals surface area (Å²) in [6.07, 6.45) is 5.73. The highest BCUT2D eigenvalue weighted by Crippen LogP contribution is 2.36. The number of aliphatic carboxylic acids is 1. The van der Waals surface area contributed by atoms with Gasteiger partial charge < -0.3 is 25.4 Å². The summed E-state index contributed by atoms with van der Waals surface area (Å²) in [5, 5.41) is 17.7. The maximum Gasteiger partial charge on any atom is 0.306 e. The van der Waals surface area contributed by atoms with Gasteiger partial charge in [-0.3, -0.25) is 28.9 Å². The molecule has 2 aromatic rings. The molecule has 1 aromatic carbocycles. The number of hydrogen-bond acceptors (Lipinski definition) is 9. The second kappa shape index (κ2) is 18.1. The molecule has 13 heteroatoms. The summed E-state index contributed by atoms with van der Waals surface area (Å²) in [6.45, 7) is 7.78. The quantitative estimate of drug-likeness (QED) is 0.203. The van der Waals surface area contributed by atoms with Crippen LogP contribution in [0.3, 0.4) is 0 Å². The van der Waals surface area contributed by atoms with Crippen molar-refractivity contribution < 1.29 is 33.8 Å². The van der Waals surface area contributed by atoms with E-state index in [-0.39, 0.29) is 48.4 Å². The van der Waals surface area contributed by atoms with Crippen LogP contribution in [0.25, 0.3) is 0 Å². The molecule has 1 saturated carbocycles. The molecule has 2 fully saturated rings. The molecule has 4 unspecified atom stereocenters. The summed E-state index contributed by atoms with van der Waals surface area (Å²) in [4.78, 5) is 73.8. The topological polar surface area (TPSA) is 158 Å². The minimum absolute atomic E-state index is 0.0339. The minimum Gasteiger partial charge on any atom is -0.481 e. The van der Waals surface area contributed by atoms with E-state index in [4.69, 9.17) is 4.74 Å². The van der Waals surface area contributed by atoms with Gasteiger partial charge in [0.05, 0.1) is 12.0 Å². The van der Waals surface area contributed by atoms with E-state index < -0.39 is 41.4 Å². The van der Waals surface area contributed by atoms with E-state index in [0.29, 0.717) is 24.3 Å². The average molecular weight is 726 g/mol. The van der Waals surface area contributed by atoms with Crippen LogP contribution >= 0.6 is 11.3 Å². The zero-order chi connectivity index (χ0) is 37.3. The van der Waals surface area contributed by atoms with Crippen molar-refractivity contribution in [1.82, 2.24) is 25.4 Å². The first-order chi connectivity index (χ1) is 24.2. The number of nitrogens with one attached hydrogen (secondary N) is 2. The first-order valence-electron chi connectivity index (χ1n) is 18.2. The molecular weight excluding hydrogens is 671 g/mol. The molecule has 1 saturated heterocycles. The van der Waals surface area contributed by atoms with Crippen molar-refractivity contribution in [3.63, 3.8) is 0 Å². The first-order valence-corrected chi connectivity index (χ1v) is 19.1. The number of carbonyl (C=O) groups is 5. The highest BCUT2D eigenvalue weighted by molar-refractivity contribution is 7.09. The smallest absolute Gasteiger partial charge is 0.306 e. The van der Waals surface area contributed by atoms with Crippen molar-refractivity contribution in [2.45, 2.75) is 122 Å². The van der Waals surface area contributed by atoms with Gasteiger partial charge in [0.1, 0.15) is 16.2 Å². The Labute approximate surface area is 305 Å². The zero-order valence-electron chi connectivity index (χ0n) is 30.9. The summed E-state index contributed by atoms with van der Waals surface area (Å²) in [5.41, 5.74) is 0.113. The molecule has 0 bridgehead atoms. The molecule has 3 N–H and O–H groups in total. The number of carbonyl (C=O) groups excluding carboxylic acids is 4. The molecule has 1 aliphatic heterocycles. The molecule has 3 amide bonds. The molecule has 1 aliphatic carbocycles. The third-order valence-electron chi connectivity index (χ3n) is 10.4. The van der Waals surface area contributed by atoms with Crippen LogP contribution in [0, 0.1) is 11.8 Å². The van der Waals surface area contributed by atoms with Crippen molar-refractivity contribution in [1.29, 1.82) is 0 Å². The van der Waals surface area contributed by atoms with E-state index in [1.807, 2.05) is 51.2 Å². The Morgan fingerprint density at radius 1 is 1.06 bits per heavy atom. The molecule has 280 valence electrons.